The average molecular weight is 490 g/mol. The fourth-order valence-corrected chi connectivity index (χ4v) is 2.92. The molecule has 0 spiro atoms. The molecule has 2 N–H and O–H groups in total. The number of aromatic amines is 1. The number of nitrogens with zero attached hydrogens (tertiary/aromatic N) is 4. The summed E-state index contributed by atoms with van der Waals surface area (Å²) in [6, 6.07) is 8.97. The number of hydrogen-bond donors (Lipinski definition) is 2. The van der Waals surface area contributed by atoms with Gasteiger partial charge in [0.15, 0.2) is 17.6 Å². The first-order valence-electron chi connectivity index (χ1n) is 9.68. The van der Waals surface area contributed by atoms with E-state index < -0.39 is 46.7 Å². The number of hydrogen-bond acceptors (Lipinski definition) is 9. The van der Waals surface area contributed by atoms with Gasteiger partial charge < -0.3 is 19.9 Å². The van der Waals surface area contributed by atoms with Crippen molar-refractivity contribution in [2.45, 2.75) is 12.7 Å². The zero-order valence-electron chi connectivity index (χ0n) is 17.3. The molecule has 1 aromatic carbocycles. The predicted molar refractivity (Wildman–Crippen MR) is 111 cm³/mol. The monoisotopic (exact) mass is 490 g/mol. The van der Waals surface area contributed by atoms with Gasteiger partial charge in [0.05, 0.1) is 17.8 Å². The number of ether oxygens (including phenoxy) is 1. The molecule has 3 heterocycles. The Bertz CT molecular complexity index is 1550. The number of carbonyl (C=O) groups is 2. The Kier molecular flexibility index (Phi) is 6.14. The van der Waals surface area contributed by atoms with Crippen LogP contribution in [0, 0.1) is 0 Å². The molecule has 0 aliphatic rings. The summed E-state index contributed by atoms with van der Waals surface area (Å²) < 4.78 is 43.0. The van der Waals surface area contributed by atoms with E-state index in [1.807, 2.05) is 0 Å². The van der Waals surface area contributed by atoms with Crippen molar-refractivity contribution in [1.29, 1.82) is 0 Å². The molecule has 180 valence electrons. The quantitative estimate of drug-likeness (QED) is 0.361. The fourth-order valence-electron chi connectivity index (χ4n) is 2.92. The molecule has 4 aromatic rings. The van der Waals surface area contributed by atoms with Gasteiger partial charge in [0.25, 0.3) is 11.5 Å². The fraction of sp³-hybridized carbons (Fsp3) is 0.150. The first-order valence-corrected chi connectivity index (χ1v) is 9.68. The van der Waals surface area contributed by atoms with Gasteiger partial charge in [-0.05, 0) is 29.5 Å². The molecule has 12 nitrogen and oxygen atoms in total. The number of rotatable bonds is 6. The number of benzene rings is 1. The predicted octanol–water partition coefficient (Wildman–Crippen LogP) is 0.241. The van der Waals surface area contributed by atoms with Crippen LogP contribution in [0.4, 0.5) is 13.2 Å². The largest absolute Gasteiger partial charge is 0.493 e. The minimum atomic E-state index is -5.37. The summed E-state index contributed by atoms with van der Waals surface area (Å²) in [5.41, 5.74) is -2.85. The highest BCUT2D eigenvalue weighted by Crippen LogP contribution is 2.18. The van der Waals surface area contributed by atoms with Crippen molar-refractivity contribution in [3.63, 3.8) is 0 Å². The third-order valence-electron chi connectivity index (χ3n) is 4.52. The first-order chi connectivity index (χ1) is 16.6. The van der Waals surface area contributed by atoms with Crippen molar-refractivity contribution in [2.75, 3.05) is 6.61 Å². The Labute approximate surface area is 191 Å². The third kappa shape index (κ3) is 5.07. The molecule has 0 aliphatic heterocycles. The molecular weight excluding hydrogens is 477 g/mol. The van der Waals surface area contributed by atoms with Crippen LogP contribution >= 0.6 is 0 Å². The number of pyridine rings is 1. The molecule has 35 heavy (non-hydrogen) atoms. The number of aromatic nitrogens is 5. The van der Waals surface area contributed by atoms with Gasteiger partial charge in [0, 0.05) is 17.6 Å². The van der Waals surface area contributed by atoms with E-state index in [4.69, 9.17) is 4.74 Å². The Morgan fingerprint density at radius 3 is 2.66 bits per heavy atom. The van der Waals surface area contributed by atoms with Gasteiger partial charge in [-0.15, -0.1) is 5.10 Å². The van der Waals surface area contributed by atoms with E-state index in [1.54, 1.807) is 24.4 Å². The zero-order valence-corrected chi connectivity index (χ0v) is 17.3. The SMILES string of the molecule is O=C(COc1ccc2c(=O)c3c(nnn3OC(=O)C(F)(F)F)c(=O)[nH]c2c1)NCc1ccccn1. The highest BCUT2D eigenvalue weighted by molar-refractivity contribution is 5.88. The van der Waals surface area contributed by atoms with E-state index in [-0.39, 0.29) is 28.0 Å². The maximum atomic E-state index is 12.9. The lowest BCUT2D eigenvalue weighted by atomic mass is 10.2. The number of fused-ring (bicyclic) bond motifs is 2. The molecule has 15 heteroatoms. The highest BCUT2D eigenvalue weighted by atomic mass is 19.4. The first kappa shape index (κ1) is 23.3. The zero-order chi connectivity index (χ0) is 25.2. The lowest BCUT2D eigenvalue weighted by Gasteiger charge is -2.07. The van der Waals surface area contributed by atoms with Crippen molar-refractivity contribution in [2.24, 2.45) is 0 Å². The van der Waals surface area contributed by atoms with Gasteiger partial charge in [0.2, 0.25) is 5.43 Å². The van der Waals surface area contributed by atoms with E-state index in [1.165, 1.54) is 18.2 Å². The number of nitrogens with one attached hydrogen (secondary N) is 2. The molecule has 0 saturated carbocycles. The second-order valence-corrected chi connectivity index (χ2v) is 6.91. The minimum Gasteiger partial charge on any atom is -0.484 e. The molecule has 4 rings (SSSR count). The maximum Gasteiger partial charge on any atom is 0.493 e. The Morgan fingerprint density at radius 2 is 1.94 bits per heavy atom. The highest BCUT2D eigenvalue weighted by Gasteiger charge is 2.42. The smallest absolute Gasteiger partial charge is 0.484 e. The van der Waals surface area contributed by atoms with Crippen LogP contribution in [0.1, 0.15) is 5.69 Å². The summed E-state index contributed by atoms with van der Waals surface area (Å²) in [4.78, 5) is 58.9. The van der Waals surface area contributed by atoms with Crippen LogP contribution in [0.25, 0.3) is 21.9 Å². The lowest BCUT2D eigenvalue weighted by Crippen LogP contribution is -2.34. The molecular formula is C20H13F3N6O6. The van der Waals surface area contributed by atoms with Crippen LogP contribution in [-0.2, 0) is 16.1 Å². The molecule has 0 unspecified atom stereocenters. The summed E-state index contributed by atoms with van der Waals surface area (Å²) in [6.45, 7) is -0.212. The summed E-state index contributed by atoms with van der Waals surface area (Å²) in [5.74, 6) is -3.02. The van der Waals surface area contributed by atoms with Gasteiger partial charge in [0.1, 0.15) is 5.75 Å². The van der Waals surface area contributed by atoms with Gasteiger partial charge in [-0.2, -0.15) is 13.2 Å². The normalized spacial score (nSPS) is 11.4. The second-order valence-electron chi connectivity index (χ2n) is 6.91. The molecule has 0 atom stereocenters. The molecule has 0 aliphatic carbocycles. The van der Waals surface area contributed by atoms with Crippen molar-refractivity contribution >= 4 is 33.8 Å². The van der Waals surface area contributed by atoms with Crippen LogP contribution < -0.4 is 25.9 Å². The number of carbonyl (C=O) groups excluding carboxylic acids is 2. The minimum absolute atomic E-state index is 0.0570. The Hall–Kier alpha value is -4.82. The third-order valence-corrected chi connectivity index (χ3v) is 4.52. The topological polar surface area (TPSA) is 158 Å². The number of H-pyrrole nitrogens is 1. The molecule has 0 fully saturated rings. The van der Waals surface area contributed by atoms with E-state index in [2.05, 4.69) is 30.4 Å². The van der Waals surface area contributed by atoms with Crippen LogP contribution in [-0.4, -0.2) is 49.8 Å². The van der Waals surface area contributed by atoms with Gasteiger partial charge in [-0.3, -0.25) is 19.4 Å². The van der Waals surface area contributed by atoms with Gasteiger partial charge in [-0.25, -0.2) is 4.79 Å². The summed E-state index contributed by atoms with van der Waals surface area (Å²) in [7, 11) is 0. The van der Waals surface area contributed by atoms with Crippen LogP contribution in [0.3, 0.4) is 0 Å². The van der Waals surface area contributed by atoms with Crippen LogP contribution in [0.15, 0.2) is 52.2 Å². The molecule has 3 aromatic heterocycles. The average Bonchev–Trinajstić information content (AvgIpc) is 3.20. The number of halogens is 3. The van der Waals surface area contributed by atoms with Crippen molar-refractivity contribution in [3.05, 3.63) is 68.9 Å². The molecule has 1 amide bonds. The Balaban J connectivity index is 1.59. The standard InChI is InChI=1S/C20H13F3N6O6/c21-20(22,23)19(33)35-29-16-15(27-28-29)18(32)26-13-7-11(4-5-12(13)17(16)31)34-9-14(30)25-8-10-3-1-2-6-24-10/h1-7H,8-9H2,(H,25,30)(H,26,32). The van der Waals surface area contributed by atoms with E-state index in [0.29, 0.717) is 5.69 Å². The molecule has 0 radical (unpaired) electrons. The number of alkyl halides is 3. The number of amides is 1. The van der Waals surface area contributed by atoms with Crippen molar-refractivity contribution < 1.29 is 32.3 Å². The van der Waals surface area contributed by atoms with Crippen molar-refractivity contribution in [1.82, 2.24) is 30.4 Å². The maximum absolute atomic E-state index is 12.9. The Morgan fingerprint density at radius 1 is 1.14 bits per heavy atom. The van der Waals surface area contributed by atoms with Gasteiger partial charge in [-0.1, -0.05) is 10.9 Å². The van der Waals surface area contributed by atoms with Crippen molar-refractivity contribution in [3.8, 4) is 5.75 Å². The summed E-state index contributed by atoms with van der Waals surface area (Å²) in [6.07, 6.45) is -3.79. The lowest BCUT2D eigenvalue weighted by molar-refractivity contribution is -0.201. The molecule has 0 bridgehead atoms. The summed E-state index contributed by atoms with van der Waals surface area (Å²) in [5, 5.41) is 8.92. The summed E-state index contributed by atoms with van der Waals surface area (Å²) >= 11 is 0. The van der Waals surface area contributed by atoms with E-state index in [0.717, 1.165) is 0 Å². The molecule has 0 saturated heterocycles. The van der Waals surface area contributed by atoms with Gasteiger partial charge >= 0.3 is 12.1 Å². The van der Waals surface area contributed by atoms with E-state index in [9.17, 15) is 32.3 Å². The van der Waals surface area contributed by atoms with E-state index >= 15 is 0 Å². The van der Waals surface area contributed by atoms with Crippen LogP contribution in [0.5, 0.6) is 5.75 Å². The van der Waals surface area contributed by atoms with Crippen LogP contribution in [0.2, 0.25) is 0 Å². The second kappa shape index (κ2) is 9.20.